The highest BCUT2D eigenvalue weighted by Crippen LogP contribution is 2.34. The third-order valence-corrected chi connectivity index (χ3v) is 6.30. The number of aryl methyl sites for hydroxylation is 2. The molecule has 1 atom stereocenters. The van der Waals surface area contributed by atoms with Crippen LogP contribution in [-0.4, -0.2) is 40.0 Å². The van der Waals surface area contributed by atoms with E-state index in [4.69, 9.17) is 4.74 Å². The topological polar surface area (TPSA) is 129 Å². The maximum Gasteiger partial charge on any atom is 0.277 e. The monoisotopic (exact) mass is 456 g/mol. The summed E-state index contributed by atoms with van der Waals surface area (Å²) in [7, 11) is 0. The van der Waals surface area contributed by atoms with Crippen LogP contribution >= 0.6 is 11.3 Å². The van der Waals surface area contributed by atoms with Gasteiger partial charge in [-0.15, -0.1) is 0 Å². The number of hydrogen-bond donors (Lipinski definition) is 0. The fourth-order valence-electron chi connectivity index (χ4n) is 3.80. The number of aromatic nitrogens is 1. The highest BCUT2D eigenvalue weighted by atomic mass is 32.1. The van der Waals surface area contributed by atoms with E-state index >= 15 is 0 Å². The molecule has 166 valence electrons. The van der Waals surface area contributed by atoms with Crippen LogP contribution in [0.2, 0.25) is 0 Å². The van der Waals surface area contributed by atoms with Crippen molar-refractivity contribution in [3.8, 4) is 0 Å². The Hall–Kier alpha value is -3.44. The van der Waals surface area contributed by atoms with Crippen molar-refractivity contribution in [2.45, 2.75) is 32.8 Å². The average molecular weight is 456 g/mol. The minimum absolute atomic E-state index is 0.143. The van der Waals surface area contributed by atoms with E-state index in [0.29, 0.717) is 11.7 Å². The van der Waals surface area contributed by atoms with E-state index < -0.39 is 27.1 Å². The predicted octanol–water partition coefficient (Wildman–Crippen LogP) is 4.56. The molecule has 1 saturated heterocycles. The summed E-state index contributed by atoms with van der Waals surface area (Å²) in [4.78, 5) is 40.6. The van der Waals surface area contributed by atoms with Gasteiger partial charge >= 0.3 is 0 Å². The van der Waals surface area contributed by atoms with Crippen molar-refractivity contribution in [2.24, 2.45) is 0 Å². The van der Waals surface area contributed by atoms with Crippen molar-refractivity contribution in [3.63, 3.8) is 0 Å². The average Bonchev–Trinajstić information content (AvgIpc) is 3.40. The van der Waals surface area contributed by atoms with E-state index in [-0.39, 0.29) is 18.2 Å². The van der Waals surface area contributed by atoms with Gasteiger partial charge in [0.15, 0.2) is 5.13 Å². The van der Waals surface area contributed by atoms with Crippen molar-refractivity contribution in [1.82, 2.24) is 4.98 Å². The first-order valence-electron chi connectivity index (χ1n) is 9.98. The fourth-order valence-corrected chi connectivity index (χ4v) is 4.95. The Morgan fingerprint density at radius 1 is 1.16 bits per heavy atom. The van der Waals surface area contributed by atoms with Gasteiger partial charge in [0.25, 0.3) is 17.3 Å². The number of nitro benzene ring substituents is 2. The molecule has 3 aromatic rings. The molecule has 1 aliphatic heterocycles. The molecule has 0 saturated carbocycles. The minimum atomic E-state index is -0.752. The molecule has 0 N–H and O–H groups in total. The highest BCUT2D eigenvalue weighted by molar-refractivity contribution is 7.22. The summed E-state index contributed by atoms with van der Waals surface area (Å²) in [5, 5.41) is 23.0. The lowest BCUT2D eigenvalue weighted by atomic mass is 10.1. The fraction of sp³-hybridized carbons (Fsp3) is 0.333. The Kier molecular flexibility index (Phi) is 5.85. The lowest BCUT2D eigenvalue weighted by molar-refractivity contribution is -0.394. The first-order valence-corrected chi connectivity index (χ1v) is 10.8. The van der Waals surface area contributed by atoms with E-state index in [0.717, 1.165) is 52.4 Å². The number of carbonyl (C=O) groups excluding carboxylic acids is 1. The molecule has 1 amide bonds. The Bertz CT molecular complexity index is 1200. The summed E-state index contributed by atoms with van der Waals surface area (Å²) >= 11 is 1.33. The summed E-state index contributed by atoms with van der Waals surface area (Å²) in [5.74, 6) is -0.597. The summed E-state index contributed by atoms with van der Waals surface area (Å²) in [6, 6.07) is 6.94. The first kappa shape index (κ1) is 21.8. The number of non-ortho nitro benzene ring substituents is 2. The largest absolute Gasteiger partial charge is 0.376 e. The van der Waals surface area contributed by atoms with Crippen molar-refractivity contribution in [3.05, 3.63) is 67.3 Å². The number of fused-ring (bicyclic) bond motifs is 1. The van der Waals surface area contributed by atoms with Crippen LogP contribution in [-0.2, 0) is 4.74 Å². The molecule has 1 fully saturated rings. The van der Waals surface area contributed by atoms with Gasteiger partial charge in [-0.2, -0.15) is 0 Å². The number of amides is 1. The molecule has 0 radical (unpaired) electrons. The van der Waals surface area contributed by atoms with Crippen LogP contribution in [0.5, 0.6) is 0 Å². The molecule has 10 nitrogen and oxygen atoms in total. The standard InChI is InChI=1S/C21H20N4O6S/c1-12-6-13(2)19-18(7-12)32-21(22-19)23(11-17-4-3-5-31-17)20(26)14-8-15(24(27)28)10-16(9-14)25(29)30/h6-10,17H,3-5,11H2,1-2H3. The second kappa shape index (κ2) is 8.60. The van der Waals surface area contributed by atoms with Gasteiger partial charge in [0, 0.05) is 18.7 Å². The summed E-state index contributed by atoms with van der Waals surface area (Å²) in [6.07, 6.45) is 1.43. The van der Waals surface area contributed by atoms with E-state index in [1.807, 2.05) is 26.0 Å². The van der Waals surface area contributed by atoms with E-state index in [1.54, 1.807) is 0 Å². The number of nitro groups is 2. The van der Waals surface area contributed by atoms with Gasteiger partial charge in [-0.05, 0) is 43.9 Å². The zero-order valence-corrected chi connectivity index (χ0v) is 18.3. The molecule has 4 rings (SSSR count). The third-order valence-electron chi connectivity index (χ3n) is 5.28. The van der Waals surface area contributed by atoms with E-state index in [1.165, 1.54) is 16.2 Å². The molecule has 11 heteroatoms. The lowest BCUT2D eigenvalue weighted by Crippen LogP contribution is -2.37. The van der Waals surface area contributed by atoms with Crippen molar-refractivity contribution >= 4 is 44.0 Å². The molecule has 2 heterocycles. The van der Waals surface area contributed by atoms with Crippen LogP contribution in [0.1, 0.15) is 34.3 Å². The Morgan fingerprint density at radius 2 is 1.84 bits per heavy atom. The minimum Gasteiger partial charge on any atom is -0.376 e. The van der Waals surface area contributed by atoms with Gasteiger partial charge in [-0.3, -0.25) is 29.9 Å². The Labute approximate surface area is 186 Å². The molecule has 0 bridgehead atoms. The molecule has 2 aromatic carbocycles. The van der Waals surface area contributed by atoms with Crippen molar-refractivity contribution in [2.75, 3.05) is 18.1 Å². The number of nitrogens with zero attached hydrogens (tertiary/aromatic N) is 4. The normalized spacial score (nSPS) is 15.8. The van der Waals surface area contributed by atoms with Gasteiger partial charge in [0.05, 0.1) is 44.3 Å². The number of carbonyl (C=O) groups is 1. The molecule has 0 spiro atoms. The van der Waals surface area contributed by atoms with E-state index in [9.17, 15) is 25.0 Å². The SMILES string of the molecule is Cc1cc(C)c2nc(N(CC3CCCO3)C(=O)c3cc([N+](=O)[O-])cc([N+](=O)[O-])c3)sc2c1. The highest BCUT2D eigenvalue weighted by Gasteiger charge is 2.29. The number of ether oxygens (including phenoxy) is 1. The molecule has 0 aliphatic carbocycles. The smallest absolute Gasteiger partial charge is 0.277 e. The lowest BCUT2D eigenvalue weighted by Gasteiger charge is -2.23. The molecule has 1 unspecified atom stereocenters. The number of anilines is 1. The number of thiazole rings is 1. The van der Waals surface area contributed by atoms with Crippen LogP contribution < -0.4 is 4.90 Å². The van der Waals surface area contributed by atoms with Gasteiger partial charge < -0.3 is 4.74 Å². The second-order valence-corrected chi connectivity index (χ2v) is 8.74. The van der Waals surface area contributed by atoms with E-state index in [2.05, 4.69) is 4.98 Å². The molecular formula is C21H20N4O6S. The first-order chi connectivity index (χ1) is 15.2. The number of hydrogen-bond acceptors (Lipinski definition) is 8. The third kappa shape index (κ3) is 4.30. The van der Waals surface area contributed by atoms with Crippen LogP contribution in [0, 0.1) is 34.1 Å². The predicted molar refractivity (Wildman–Crippen MR) is 119 cm³/mol. The number of benzene rings is 2. The van der Waals surface area contributed by atoms with Crippen LogP contribution in [0.4, 0.5) is 16.5 Å². The maximum absolute atomic E-state index is 13.5. The molecular weight excluding hydrogens is 436 g/mol. The van der Waals surface area contributed by atoms with Gasteiger partial charge in [-0.25, -0.2) is 4.98 Å². The second-order valence-electron chi connectivity index (χ2n) is 7.73. The van der Waals surface area contributed by atoms with Gasteiger partial charge in [-0.1, -0.05) is 17.4 Å². The van der Waals surface area contributed by atoms with Crippen molar-refractivity contribution < 1.29 is 19.4 Å². The van der Waals surface area contributed by atoms with Crippen LogP contribution in [0.15, 0.2) is 30.3 Å². The maximum atomic E-state index is 13.5. The van der Waals surface area contributed by atoms with Gasteiger partial charge in [0.1, 0.15) is 0 Å². The van der Waals surface area contributed by atoms with Crippen LogP contribution in [0.3, 0.4) is 0 Å². The molecule has 1 aromatic heterocycles. The Balaban J connectivity index is 1.80. The van der Waals surface area contributed by atoms with Crippen molar-refractivity contribution in [1.29, 1.82) is 0 Å². The molecule has 1 aliphatic rings. The Morgan fingerprint density at radius 3 is 2.44 bits per heavy atom. The summed E-state index contributed by atoms with van der Waals surface area (Å²) in [5.41, 5.74) is 1.63. The van der Waals surface area contributed by atoms with Gasteiger partial charge in [0.2, 0.25) is 0 Å². The summed E-state index contributed by atoms with van der Waals surface area (Å²) in [6.45, 7) is 4.71. The zero-order valence-electron chi connectivity index (χ0n) is 17.4. The zero-order chi connectivity index (χ0) is 23.0. The quantitative estimate of drug-likeness (QED) is 0.393. The summed E-state index contributed by atoms with van der Waals surface area (Å²) < 4.78 is 6.61. The number of rotatable bonds is 6. The molecule has 32 heavy (non-hydrogen) atoms. The van der Waals surface area contributed by atoms with Crippen LogP contribution in [0.25, 0.3) is 10.2 Å².